The van der Waals surface area contributed by atoms with E-state index in [2.05, 4.69) is 68.7 Å². The van der Waals surface area contributed by atoms with E-state index in [1.54, 1.807) is 6.20 Å². The summed E-state index contributed by atoms with van der Waals surface area (Å²) in [6.45, 7) is 3.87. The van der Waals surface area contributed by atoms with Gasteiger partial charge in [0.25, 0.3) is 0 Å². The number of aromatic nitrogens is 3. The SMILES string of the molecule is Cc1cccc(Nc2nncc(N3CCc4ccccc4C3)n2)c1. The molecule has 0 fully saturated rings. The molecule has 3 aromatic rings. The lowest BCUT2D eigenvalue weighted by Crippen LogP contribution is -2.31. The van der Waals surface area contributed by atoms with Crippen molar-refractivity contribution in [2.45, 2.75) is 19.9 Å². The summed E-state index contributed by atoms with van der Waals surface area (Å²) in [4.78, 5) is 6.88. The zero-order valence-corrected chi connectivity index (χ0v) is 13.6. The fourth-order valence-corrected chi connectivity index (χ4v) is 3.04. The number of nitrogens with one attached hydrogen (secondary N) is 1. The summed E-state index contributed by atoms with van der Waals surface area (Å²) in [5.74, 6) is 1.38. The first-order chi connectivity index (χ1) is 11.8. The highest BCUT2D eigenvalue weighted by molar-refractivity contribution is 5.55. The maximum atomic E-state index is 4.64. The van der Waals surface area contributed by atoms with E-state index in [0.717, 1.165) is 31.0 Å². The Labute approximate surface area is 141 Å². The van der Waals surface area contributed by atoms with Crippen LogP contribution in [0.4, 0.5) is 17.5 Å². The van der Waals surface area contributed by atoms with Crippen molar-refractivity contribution in [1.29, 1.82) is 0 Å². The molecule has 0 unspecified atom stereocenters. The average Bonchev–Trinajstić information content (AvgIpc) is 2.61. The third-order valence-electron chi connectivity index (χ3n) is 4.27. The first kappa shape index (κ1) is 14.6. The van der Waals surface area contributed by atoms with Crippen LogP contribution in [-0.4, -0.2) is 21.7 Å². The van der Waals surface area contributed by atoms with Crippen LogP contribution in [0.2, 0.25) is 0 Å². The van der Waals surface area contributed by atoms with Gasteiger partial charge in [-0.2, -0.15) is 10.1 Å². The van der Waals surface area contributed by atoms with Crippen LogP contribution in [0.25, 0.3) is 0 Å². The molecule has 1 aliphatic rings. The molecule has 5 nitrogen and oxygen atoms in total. The van der Waals surface area contributed by atoms with Gasteiger partial charge in [0.2, 0.25) is 5.95 Å². The lowest BCUT2D eigenvalue weighted by Gasteiger charge is -2.29. The average molecular weight is 317 g/mol. The van der Waals surface area contributed by atoms with Crippen LogP contribution in [0, 0.1) is 6.92 Å². The molecule has 2 aromatic carbocycles. The Morgan fingerprint density at radius 2 is 1.92 bits per heavy atom. The number of nitrogens with zero attached hydrogens (tertiary/aromatic N) is 4. The number of fused-ring (bicyclic) bond motifs is 1. The first-order valence-corrected chi connectivity index (χ1v) is 8.13. The number of hydrogen-bond donors (Lipinski definition) is 1. The molecule has 4 rings (SSSR count). The molecule has 0 saturated heterocycles. The number of benzene rings is 2. The number of hydrogen-bond acceptors (Lipinski definition) is 5. The van der Waals surface area contributed by atoms with Crippen LogP contribution in [0.5, 0.6) is 0 Å². The fourth-order valence-electron chi connectivity index (χ4n) is 3.04. The smallest absolute Gasteiger partial charge is 0.249 e. The van der Waals surface area contributed by atoms with Crippen LogP contribution in [0.1, 0.15) is 16.7 Å². The van der Waals surface area contributed by atoms with Gasteiger partial charge in [-0.05, 0) is 42.2 Å². The molecule has 2 heterocycles. The summed E-state index contributed by atoms with van der Waals surface area (Å²) in [5, 5.41) is 11.5. The summed E-state index contributed by atoms with van der Waals surface area (Å²) in [7, 11) is 0. The first-order valence-electron chi connectivity index (χ1n) is 8.13. The molecule has 1 N–H and O–H groups in total. The lowest BCUT2D eigenvalue weighted by atomic mass is 10.0. The maximum Gasteiger partial charge on any atom is 0.249 e. The van der Waals surface area contributed by atoms with E-state index < -0.39 is 0 Å². The van der Waals surface area contributed by atoms with Gasteiger partial charge in [0.15, 0.2) is 5.82 Å². The monoisotopic (exact) mass is 317 g/mol. The van der Waals surface area contributed by atoms with Crippen LogP contribution in [0.3, 0.4) is 0 Å². The molecular formula is C19H19N5. The van der Waals surface area contributed by atoms with Gasteiger partial charge in [-0.1, -0.05) is 36.4 Å². The zero-order valence-electron chi connectivity index (χ0n) is 13.6. The maximum absolute atomic E-state index is 4.64. The topological polar surface area (TPSA) is 53.9 Å². The second-order valence-electron chi connectivity index (χ2n) is 6.07. The number of rotatable bonds is 3. The Hall–Kier alpha value is -2.95. The predicted octanol–water partition coefficient (Wildman–Crippen LogP) is 3.49. The minimum Gasteiger partial charge on any atom is -0.350 e. The minimum atomic E-state index is 0.525. The summed E-state index contributed by atoms with van der Waals surface area (Å²) in [6, 6.07) is 16.7. The largest absolute Gasteiger partial charge is 0.350 e. The van der Waals surface area contributed by atoms with Crippen molar-refractivity contribution in [3.63, 3.8) is 0 Å². The van der Waals surface area contributed by atoms with E-state index in [9.17, 15) is 0 Å². The van der Waals surface area contributed by atoms with Crippen molar-refractivity contribution >= 4 is 17.5 Å². The molecule has 0 bridgehead atoms. The lowest BCUT2D eigenvalue weighted by molar-refractivity contribution is 0.715. The molecule has 5 heteroatoms. The highest BCUT2D eigenvalue weighted by atomic mass is 15.3. The standard InChI is InChI=1S/C19H19N5/c1-14-5-4-8-17(11-14)21-19-22-18(12-20-23-19)24-10-9-15-6-2-3-7-16(15)13-24/h2-8,11-12H,9-10,13H2,1H3,(H,21,22,23). The van der Waals surface area contributed by atoms with E-state index in [1.165, 1.54) is 16.7 Å². The molecule has 0 amide bonds. The van der Waals surface area contributed by atoms with Crippen molar-refractivity contribution in [3.05, 3.63) is 71.4 Å². The van der Waals surface area contributed by atoms with Crippen molar-refractivity contribution in [1.82, 2.24) is 15.2 Å². The predicted molar refractivity (Wildman–Crippen MR) is 95.5 cm³/mol. The second-order valence-corrected chi connectivity index (χ2v) is 6.07. The molecule has 0 atom stereocenters. The van der Waals surface area contributed by atoms with E-state index in [0.29, 0.717) is 5.95 Å². The van der Waals surface area contributed by atoms with E-state index in [-0.39, 0.29) is 0 Å². The van der Waals surface area contributed by atoms with Crippen molar-refractivity contribution in [3.8, 4) is 0 Å². The van der Waals surface area contributed by atoms with Gasteiger partial charge in [-0.3, -0.25) is 0 Å². The van der Waals surface area contributed by atoms with Gasteiger partial charge in [0, 0.05) is 18.8 Å². The molecule has 120 valence electrons. The third kappa shape index (κ3) is 3.06. The van der Waals surface area contributed by atoms with E-state index in [4.69, 9.17) is 0 Å². The van der Waals surface area contributed by atoms with Crippen molar-refractivity contribution in [2.75, 3.05) is 16.8 Å². The molecule has 1 aliphatic heterocycles. The van der Waals surface area contributed by atoms with Gasteiger partial charge in [-0.15, -0.1) is 5.10 Å². The summed E-state index contributed by atoms with van der Waals surface area (Å²) in [6.07, 6.45) is 2.76. The van der Waals surface area contributed by atoms with Crippen LogP contribution in [0.15, 0.2) is 54.7 Å². The van der Waals surface area contributed by atoms with Gasteiger partial charge in [0.05, 0.1) is 6.20 Å². The molecular weight excluding hydrogens is 298 g/mol. The molecule has 0 spiro atoms. The Balaban J connectivity index is 1.55. The molecule has 24 heavy (non-hydrogen) atoms. The van der Waals surface area contributed by atoms with Gasteiger partial charge in [0.1, 0.15) is 0 Å². The third-order valence-corrected chi connectivity index (χ3v) is 4.27. The number of aryl methyl sites for hydroxylation is 1. The zero-order chi connectivity index (χ0) is 16.4. The van der Waals surface area contributed by atoms with Gasteiger partial charge in [-0.25, -0.2) is 0 Å². The molecule has 0 saturated carbocycles. The van der Waals surface area contributed by atoms with Crippen molar-refractivity contribution in [2.24, 2.45) is 0 Å². The molecule has 0 aliphatic carbocycles. The second kappa shape index (κ2) is 6.28. The quantitative estimate of drug-likeness (QED) is 0.801. The minimum absolute atomic E-state index is 0.525. The Kier molecular flexibility index (Phi) is 3.83. The van der Waals surface area contributed by atoms with Gasteiger partial charge < -0.3 is 10.2 Å². The van der Waals surface area contributed by atoms with Crippen LogP contribution >= 0.6 is 0 Å². The summed E-state index contributed by atoms with van der Waals surface area (Å²) >= 11 is 0. The number of anilines is 3. The van der Waals surface area contributed by atoms with Crippen molar-refractivity contribution < 1.29 is 0 Å². The fraction of sp³-hybridized carbons (Fsp3) is 0.211. The summed E-state index contributed by atoms with van der Waals surface area (Å²) < 4.78 is 0. The van der Waals surface area contributed by atoms with E-state index in [1.807, 2.05) is 12.1 Å². The normalized spacial score (nSPS) is 13.5. The highest BCUT2D eigenvalue weighted by Gasteiger charge is 2.17. The molecule has 0 radical (unpaired) electrons. The highest BCUT2D eigenvalue weighted by Crippen LogP contribution is 2.23. The Morgan fingerprint density at radius 1 is 1.04 bits per heavy atom. The summed E-state index contributed by atoms with van der Waals surface area (Å²) in [5.41, 5.74) is 4.94. The van der Waals surface area contributed by atoms with E-state index >= 15 is 0 Å². The van der Waals surface area contributed by atoms with Crippen LogP contribution in [-0.2, 0) is 13.0 Å². The van der Waals surface area contributed by atoms with Crippen LogP contribution < -0.4 is 10.2 Å². The van der Waals surface area contributed by atoms with Gasteiger partial charge >= 0.3 is 0 Å². The molecule has 1 aromatic heterocycles. The Morgan fingerprint density at radius 3 is 2.79 bits per heavy atom. The Bertz CT molecular complexity index is 862.